The van der Waals surface area contributed by atoms with E-state index in [1.54, 1.807) is 31.2 Å². The van der Waals surface area contributed by atoms with Gasteiger partial charge >= 0.3 is 6.09 Å². The lowest BCUT2D eigenvalue weighted by Crippen LogP contribution is -2.39. The van der Waals surface area contributed by atoms with E-state index in [0.717, 1.165) is 36.1 Å². The summed E-state index contributed by atoms with van der Waals surface area (Å²) in [6, 6.07) is 15.4. The Kier molecular flexibility index (Phi) is 6.75. The minimum atomic E-state index is -0.380. The molecule has 2 aromatic carbocycles. The van der Waals surface area contributed by atoms with Crippen molar-refractivity contribution >= 4 is 12.0 Å². The van der Waals surface area contributed by atoms with Crippen molar-refractivity contribution in [3.05, 3.63) is 48.5 Å². The SMILES string of the molecule is CCC(=O)N[C@H]1CC[C@@H](N(C)C(=O)Oc2ccc(-c3ccc(OC)cc3)cc2)C1. The molecule has 1 fully saturated rings. The zero-order valence-corrected chi connectivity index (χ0v) is 17.2. The number of hydrogen-bond acceptors (Lipinski definition) is 4. The second kappa shape index (κ2) is 9.45. The molecule has 6 nitrogen and oxygen atoms in total. The van der Waals surface area contributed by atoms with Gasteiger partial charge in [0.2, 0.25) is 5.91 Å². The summed E-state index contributed by atoms with van der Waals surface area (Å²) in [4.78, 5) is 25.7. The highest BCUT2D eigenvalue weighted by atomic mass is 16.6. The number of hydrogen-bond donors (Lipinski definition) is 1. The lowest BCUT2D eigenvalue weighted by Gasteiger charge is -2.24. The molecule has 0 radical (unpaired) electrons. The second-order valence-corrected chi connectivity index (χ2v) is 7.32. The molecule has 0 aliphatic heterocycles. The minimum absolute atomic E-state index is 0.0535. The molecule has 1 aliphatic rings. The molecular weight excluding hydrogens is 368 g/mol. The van der Waals surface area contributed by atoms with Crippen LogP contribution in [0.1, 0.15) is 32.6 Å². The van der Waals surface area contributed by atoms with E-state index in [-0.39, 0.29) is 24.1 Å². The van der Waals surface area contributed by atoms with Crippen molar-refractivity contribution in [1.29, 1.82) is 0 Å². The Bertz CT molecular complexity index is 833. The third kappa shape index (κ3) is 5.28. The summed E-state index contributed by atoms with van der Waals surface area (Å²) < 4.78 is 10.7. The van der Waals surface area contributed by atoms with Crippen molar-refractivity contribution < 1.29 is 19.1 Å². The van der Waals surface area contributed by atoms with Crippen LogP contribution in [0.2, 0.25) is 0 Å². The highest BCUT2D eigenvalue weighted by molar-refractivity contribution is 5.76. The van der Waals surface area contributed by atoms with Crippen LogP contribution in [0.5, 0.6) is 11.5 Å². The first kappa shape index (κ1) is 20.7. The van der Waals surface area contributed by atoms with Crippen LogP contribution in [0.15, 0.2) is 48.5 Å². The van der Waals surface area contributed by atoms with E-state index < -0.39 is 0 Å². The molecule has 2 amide bonds. The van der Waals surface area contributed by atoms with Gasteiger partial charge in [-0.3, -0.25) is 4.79 Å². The second-order valence-electron chi connectivity index (χ2n) is 7.32. The van der Waals surface area contributed by atoms with Crippen LogP contribution in [-0.2, 0) is 4.79 Å². The molecule has 2 atom stereocenters. The van der Waals surface area contributed by atoms with E-state index in [2.05, 4.69) is 5.32 Å². The van der Waals surface area contributed by atoms with E-state index in [1.807, 2.05) is 43.3 Å². The fraction of sp³-hybridized carbons (Fsp3) is 0.391. The lowest BCUT2D eigenvalue weighted by molar-refractivity contribution is -0.121. The van der Waals surface area contributed by atoms with Gasteiger partial charge in [-0.25, -0.2) is 4.79 Å². The summed E-state index contributed by atoms with van der Waals surface area (Å²) in [5, 5.41) is 3.01. The molecule has 6 heteroatoms. The number of ether oxygens (including phenoxy) is 2. The molecule has 0 unspecified atom stereocenters. The van der Waals surface area contributed by atoms with Gasteiger partial charge in [0.1, 0.15) is 11.5 Å². The fourth-order valence-corrected chi connectivity index (χ4v) is 3.59. The number of nitrogens with zero attached hydrogens (tertiary/aromatic N) is 1. The molecular formula is C23H28N2O4. The van der Waals surface area contributed by atoms with Crippen LogP contribution >= 0.6 is 0 Å². The van der Waals surface area contributed by atoms with E-state index in [0.29, 0.717) is 12.2 Å². The maximum atomic E-state index is 12.5. The van der Waals surface area contributed by atoms with Crippen molar-refractivity contribution in [2.75, 3.05) is 14.2 Å². The van der Waals surface area contributed by atoms with E-state index in [4.69, 9.17) is 9.47 Å². The number of amides is 2. The number of benzene rings is 2. The maximum absolute atomic E-state index is 12.5. The zero-order valence-electron chi connectivity index (χ0n) is 17.2. The largest absolute Gasteiger partial charge is 0.497 e. The third-order valence-corrected chi connectivity index (χ3v) is 5.41. The van der Waals surface area contributed by atoms with Crippen LogP contribution in [0, 0.1) is 0 Å². The van der Waals surface area contributed by atoms with Gasteiger partial charge in [0.25, 0.3) is 0 Å². The maximum Gasteiger partial charge on any atom is 0.415 e. The smallest absolute Gasteiger partial charge is 0.415 e. The summed E-state index contributed by atoms with van der Waals surface area (Å²) >= 11 is 0. The first-order valence-electron chi connectivity index (χ1n) is 9.98. The molecule has 0 heterocycles. The molecule has 0 bridgehead atoms. The first-order valence-corrected chi connectivity index (χ1v) is 9.98. The summed E-state index contributed by atoms with van der Waals surface area (Å²) in [7, 11) is 3.39. The summed E-state index contributed by atoms with van der Waals surface area (Å²) in [6.07, 6.45) is 2.59. The molecule has 0 spiro atoms. The molecule has 1 saturated carbocycles. The Labute approximate surface area is 171 Å². The molecule has 1 N–H and O–H groups in total. The van der Waals surface area contributed by atoms with Crippen LogP contribution in [0.3, 0.4) is 0 Å². The molecule has 29 heavy (non-hydrogen) atoms. The van der Waals surface area contributed by atoms with Crippen LogP contribution in [0.25, 0.3) is 11.1 Å². The Morgan fingerprint density at radius 2 is 1.59 bits per heavy atom. The van der Waals surface area contributed by atoms with Gasteiger partial charge in [-0.2, -0.15) is 0 Å². The van der Waals surface area contributed by atoms with Gasteiger partial charge in [-0.1, -0.05) is 31.2 Å². The van der Waals surface area contributed by atoms with Gasteiger partial charge in [0.05, 0.1) is 7.11 Å². The van der Waals surface area contributed by atoms with E-state index >= 15 is 0 Å². The van der Waals surface area contributed by atoms with Gasteiger partial charge < -0.3 is 19.7 Å². The molecule has 2 aromatic rings. The van der Waals surface area contributed by atoms with E-state index in [1.165, 1.54) is 0 Å². The topological polar surface area (TPSA) is 67.9 Å². The van der Waals surface area contributed by atoms with Crippen molar-refractivity contribution in [3.8, 4) is 22.6 Å². The molecule has 1 aliphatic carbocycles. The summed E-state index contributed by atoms with van der Waals surface area (Å²) in [5.74, 6) is 1.37. The Balaban J connectivity index is 1.55. The normalized spacial score (nSPS) is 18.2. The highest BCUT2D eigenvalue weighted by Gasteiger charge is 2.31. The van der Waals surface area contributed by atoms with Crippen molar-refractivity contribution in [2.24, 2.45) is 0 Å². The van der Waals surface area contributed by atoms with E-state index in [9.17, 15) is 9.59 Å². The van der Waals surface area contributed by atoms with Gasteiger partial charge in [0, 0.05) is 25.6 Å². The van der Waals surface area contributed by atoms with Gasteiger partial charge in [0.15, 0.2) is 0 Å². The Hall–Kier alpha value is -3.02. The molecule has 3 rings (SSSR count). The number of methoxy groups -OCH3 is 1. The first-order chi connectivity index (χ1) is 14.0. The average molecular weight is 396 g/mol. The highest BCUT2D eigenvalue weighted by Crippen LogP contribution is 2.26. The number of nitrogens with one attached hydrogen (secondary N) is 1. The van der Waals surface area contributed by atoms with Crippen molar-refractivity contribution in [1.82, 2.24) is 10.2 Å². The van der Waals surface area contributed by atoms with Crippen LogP contribution in [0.4, 0.5) is 4.79 Å². The monoisotopic (exact) mass is 396 g/mol. The average Bonchev–Trinajstić information content (AvgIpc) is 3.22. The van der Waals surface area contributed by atoms with Crippen LogP contribution in [-0.4, -0.2) is 43.1 Å². The quantitative estimate of drug-likeness (QED) is 0.793. The number of carbonyl (C=O) groups is 2. The predicted octanol–water partition coefficient (Wildman–Crippen LogP) is 4.24. The summed E-state index contributed by atoms with van der Waals surface area (Å²) in [5.41, 5.74) is 2.10. The molecule has 0 aromatic heterocycles. The van der Waals surface area contributed by atoms with Crippen molar-refractivity contribution in [3.63, 3.8) is 0 Å². The van der Waals surface area contributed by atoms with Crippen LogP contribution < -0.4 is 14.8 Å². The molecule has 154 valence electrons. The number of rotatable bonds is 6. The van der Waals surface area contributed by atoms with Gasteiger partial charge in [-0.05, 0) is 54.7 Å². The zero-order chi connectivity index (χ0) is 20.8. The summed E-state index contributed by atoms with van der Waals surface area (Å²) in [6.45, 7) is 1.84. The standard InChI is InChI=1S/C23H28N2O4/c1-4-22(26)24-18-9-10-19(15-18)25(2)23(27)29-21-13-7-17(8-14-21)16-5-11-20(28-3)12-6-16/h5-8,11-14,18-19H,4,9-10,15H2,1-3H3,(H,24,26)/t18-,19+/m0/s1. The Morgan fingerprint density at radius 3 is 2.14 bits per heavy atom. The number of carbonyl (C=O) groups excluding carboxylic acids is 2. The molecule has 0 saturated heterocycles. The van der Waals surface area contributed by atoms with Crippen molar-refractivity contribution in [2.45, 2.75) is 44.7 Å². The third-order valence-electron chi connectivity index (χ3n) is 5.41. The van der Waals surface area contributed by atoms with Gasteiger partial charge in [-0.15, -0.1) is 0 Å². The lowest BCUT2D eigenvalue weighted by atomic mass is 10.1. The Morgan fingerprint density at radius 1 is 1.00 bits per heavy atom. The fourth-order valence-electron chi connectivity index (χ4n) is 3.59. The minimum Gasteiger partial charge on any atom is -0.497 e. The predicted molar refractivity (Wildman–Crippen MR) is 112 cm³/mol.